The number of pyridine rings is 2. The number of halogens is 1. The van der Waals surface area contributed by atoms with Gasteiger partial charge in [-0.25, -0.2) is 0 Å². The molecule has 1 unspecified atom stereocenters. The number of aromatic nitrogens is 2. The van der Waals surface area contributed by atoms with Gasteiger partial charge in [0.05, 0.1) is 0 Å². The van der Waals surface area contributed by atoms with E-state index >= 15 is 0 Å². The summed E-state index contributed by atoms with van der Waals surface area (Å²) in [6.45, 7) is 1.33. The fourth-order valence-electron chi connectivity index (χ4n) is 3.24. The molecule has 1 amide bonds. The Morgan fingerprint density at radius 1 is 0.929 bits per heavy atom. The second kappa shape index (κ2) is 9.97. The Morgan fingerprint density at radius 3 is 2.29 bits per heavy atom. The van der Waals surface area contributed by atoms with E-state index in [2.05, 4.69) is 14.9 Å². The first-order valence-corrected chi connectivity index (χ1v) is 9.58. The number of primary amides is 1. The molecule has 6 heteroatoms. The lowest BCUT2D eigenvalue weighted by Gasteiger charge is -2.30. The summed E-state index contributed by atoms with van der Waals surface area (Å²) in [4.78, 5) is 22.7. The summed E-state index contributed by atoms with van der Waals surface area (Å²) in [5, 5.41) is 0.543. The molecule has 1 aromatic carbocycles. The minimum absolute atomic E-state index is 0.408. The van der Waals surface area contributed by atoms with Gasteiger partial charge in [-0.1, -0.05) is 35.9 Å². The Bertz CT molecular complexity index is 846. The Hall–Kier alpha value is -2.76. The molecule has 144 valence electrons. The molecule has 0 saturated carbocycles. The molecule has 5 nitrogen and oxygen atoms in total. The van der Waals surface area contributed by atoms with Gasteiger partial charge in [0.2, 0.25) is 5.91 Å². The maximum Gasteiger partial charge on any atom is 0.239 e. The number of nitrogens with two attached hydrogens (primary N) is 1. The van der Waals surface area contributed by atoms with Crippen molar-refractivity contribution in [3.63, 3.8) is 0 Å². The number of hydrogen-bond acceptors (Lipinski definition) is 4. The van der Waals surface area contributed by atoms with Gasteiger partial charge in [0.15, 0.2) is 0 Å². The molecule has 0 fully saturated rings. The molecule has 0 aliphatic carbocycles. The average molecular weight is 395 g/mol. The van der Waals surface area contributed by atoms with E-state index in [-0.39, 0.29) is 0 Å². The van der Waals surface area contributed by atoms with Crippen LogP contribution in [-0.2, 0) is 17.6 Å². The van der Waals surface area contributed by atoms with Gasteiger partial charge >= 0.3 is 0 Å². The van der Waals surface area contributed by atoms with Crippen LogP contribution in [-0.4, -0.2) is 33.9 Å². The third kappa shape index (κ3) is 5.38. The molecule has 0 radical (unpaired) electrons. The van der Waals surface area contributed by atoms with Crippen molar-refractivity contribution >= 4 is 17.5 Å². The van der Waals surface area contributed by atoms with Crippen molar-refractivity contribution in [3.8, 4) is 0 Å². The van der Waals surface area contributed by atoms with Crippen molar-refractivity contribution in [2.24, 2.45) is 5.73 Å². The summed E-state index contributed by atoms with van der Waals surface area (Å²) in [7, 11) is 0. The van der Waals surface area contributed by atoms with Crippen LogP contribution >= 0.6 is 11.6 Å². The van der Waals surface area contributed by atoms with E-state index in [0.29, 0.717) is 18.1 Å². The Morgan fingerprint density at radius 2 is 1.64 bits per heavy atom. The molecule has 3 rings (SSSR count). The molecule has 0 aliphatic rings. The van der Waals surface area contributed by atoms with Crippen LogP contribution in [0.1, 0.15) is 22.7 Å². The van der Waals surface area contributed by atoms with Crippen molar-refractivity contribution in [1.29, 1.82) is 0 Å². The summed E-state index contributed by atoms with van der Waals surface area (Å²) < 4.78 is 0. The SMILES string of the molecule is NC(=O)C(c1ccccc1Cl)N(CCc1ccncc1)CCc1cccnc1. The van der Waals surface area contributed by atoms with E-state index in [9.17, 15) is 4.79 Å². The lowest BCUT2D eigenvalue weighted by Crippen LogP contribution is -2.40. The van der Waals surface area contributed by atoms with E-state index in [4.69, 9.17) is 17.3 Å². The first-order chi connectivity index (χ1) is 13.6. The molecule has 1 atom stereocenters. The van der Waals surface area contributed by atoms with E-state index in [1.807, 2.05) is 48.7 Å². The highest BCUT2D eigenvalue weighted by Crippen LogP contribution is 2.28. The number of carbonyl (C=O) groups is 1. The fourth-order valence-corrected chi connectivity index (χ4v) is 3.48. The standard InChI is InChI=1S/C22H23ClN4O/c23-20-6-2-1-5-19(20)21(22(24)28)27(14-9-17-7-12-25-13-8-17)15-10-18-4-3-11-26-16-18/h1-8,11-13,16,21H,9-10,14-15H2,(H2,24,28). The van der Waals surface area contributed by atoms with Crippen LogP contribution in [0.15, 0.2) is 73.3 Å². The van der Waals surface area contributed by atoms with Crippen molar-refractivity contribution in [1.82, 2.24) is 14.9 Å². The molecule has 0 spiro atoms. The number of hydrogen-bond donors (Lipinski definition) is 1. The second-order valence-corrected chi connectivity index (χ2v) is 6.99. The zero-order valence-electron chi connectivity index (χ0n) is 15.5. The number of rotatable bonds is 9. The van der Waals surface area contributed by atoms with Gasteiger partial charge in [-0.05, 0) is 53.8 Å². The lowest BCUT2D eigenvalue weighted by atomic mass is 10.0. The normalized spacial score (nSPS) is 12.1. The van der Waals surface area contributed by atoms with Gasteiger partial charge in [-0.2, -0.15) is 0 Å². The lowest BCUT2D eigenvalue weighted by molar-refractivity contribution is -0.123. The zero-order valence-corrected chi connectivity index (χ0v) is 16.3. The van der Waals surface area contributed by atoms with Gasteiger partial charge in [0.1, 0.15) is 6.04 Å². The minimum atomic E-state index is -0.591. The summed E-state index contributed by atoms with van der Waals surface area (Å²) in [5.41, 5.74) is 8.81. The minimum Gasteiger partial charge on any atom is -0.368 e. The Labute approximate surface area is 170 Å². The van der Waals surface area contributed by atoms with Gasteiger partial charge in [-0.15, -0.1) is 0 Å². The third-order valence-corrected chi connectivity index (χ3v) is 5.03. The number of carbonyl (C=O) groups excluding carboxylic acids is 1. The molecular weight excluding hydrogens is 372 g/mol. The van der Waals surface area contributed by atoms with Gasteiger partial charge in [0.25, 0.3) is 0 Å². The molecule has 2 N–H and O–H groups in total. The monoisotopic (exact) mass is 394 g/mol. The van der Waals surface area contributed by atoms with Crippen LogP contribution in [0.5, 0.6) is 0 Å². The number of nitrogens with zero attached hydrogens (tertiary/aromatic N) is 3. The van der Waals surface area contributed by atoms with Gasteiger partial charge in [-0.3, -0.25) is 19.7 Å². The van der Waals surface area contributed by atoms with Crippen LogP contribution in [0, 0.1) is 0 Å². The molecule has 2 aromatic heterocycles. The molecule has 28 heavy (non-hydrogen) atoms. The third-order valence-electron chi connectivity index (χ3n) is 4.68. The largest absolute Gasteiger partial charge is 0.368 e. The first kappa shape index (κ1) is 20.0. The molecular formula is C22H23ClN4O. The van der Waals surface area contributed by atoms with Crippen molar-refractivity contribution in [3.05, 3.63) is 95.0 Å². The summed E-state index contributed by atoms with van der Waals surface area (Å²) >= 11 is 6.39. The van der Waals surface area contributed by atoms with Crippen LogP contribution in [0.4, 0.5) is 0 Å². The molecule has 0 aliphatic heterocycles. The summed E-state index contributed by atoms with van der Waals surface area (Å²) in [5.74, 6) is -0.408. The molecule has 0 saturated heterocycles. The fraction of sp³-hybridized carbons (Fsp3) is 0.227. The smallest absolute Gasteiger partial charge is 0.239 e. The number of amides is 1. The number of benzene rings is 1. The van der Waals surface area contributed by atoms with Crippen LogP contribution in [0.25, 0.3) is 0 Å². The van der Waals surface area contributed by atoms with E-state index in [1.165, 1.54) is 0 Å². The summed E-state index contributed by atoms with van der Waals surface area (Å²) in [6.07, 6.45) is 8.68. The highest BCUT2D eigenvalue weighted by molar-refractivity contribution is 6.31. The topological polar surface area (TPSA) is 72.1 Å². The van der Waals surface area contributed by atoms with Crippen molar-refractivity contribution in [2.75, 3.05) is 13.1 Å². The van der Waals surface area contributed by atoms with E-state index in [1.54, 1.807) is 24.7 Å². The molecule has 3 aromatic rings. The van der Waals surface area contributed by atoms with E-state index < -0.39 is 11.9 Å². The predicted molar refractivity (Wildman–Crippen MR) is 111 cm³/mol. The van der Waals surface area contributed by atoms with Gasteiger partial charge < -0.3 is 5.73 Å². The van der Waals surface area contributed by atoms with Crippen molar-refractivity contribution < 1.29 is 4.79 Å². The second-order valence-electron chi connectivity index (χ2n) is 6.58. The Kier molecular flexibility index (Phi) is 7.12. The predicted octanol–water partition coefficient (Wildman–Crippen LogP) is 3.44. The van der Waals surface area contributed by atoms with Gasteiger partial charge in [0, 0.05) is 42.9 Å². The highest BCUT2D eigenvalue weighted by atomic mass is 35.5. The van der Waals surface area contributed by atoms with E-state index in [0.717, 1.165) is 29.5 Å². The summed E-state index contributed by atoms with van der Waals surface area (Å²) in [6, 6.07) is 14.7. The zero-order chi connectivity index (χ0) is 19.8. The molecule has 2 heterocycles. The van der Waals surface area contributed by atoms with Crippen LogP contribution in [0.2, 0.25) is 5.02 Å². The highest BCUT2D eigenvalue weighted by Gasteiger charge is 2.27. The quantitative estimate of drug-likeness (QED) is 0.603. The van der Waals surface area contributed by atoms with Crippen molar-refractivity contribution in [2.45, 2.75) is 18.9 Å². The van der Waals surface area contributed by atoms with Crippen LogP contribution < -0.4 is 5.73 Å². The molecule has 0 bridgehead atoms. The first-order valence-electron chi connectivity index (χ1n) is 9.21. The average Bonchev–Trinajstić information content (AvgIpc) is 2.72. The van der Waals surface area contributed by atoms with Crippen LogP contribution in [0.3, 0.4) is 0 Å². The maximum atomic E-state index is 12.4. The maximum absolute atomic E-state index is 12.4. The Balaban J connectivity index is 1.83.